The van der Waals surface area contributed by atoms with E-state index in [0.717, 1.165) is 0 Å². The number of phenols is 1. The van der Waals surface area contributed by atoms with Gasteiger partial charge in [-0.1, -0.05) is 18.1 Å². The van der Waals surface area contributed by atoms with Crippen molar-refractivity contribution in [1.29, 1.82) is 0 Å². The van der Waals surface area contributed by atoms with Crippen molar-refractivity contribution < 1.29 is 31.7 Å². The van der Waals surface area contributed by atoms with Crippen LogP contribution in [0.15, 0.2) is 72.8 Å². The van der Waals surface area contributed by atoms with Gasteiger partial charge in [-0.25, -0.2) is 0 Å². The van der Waals surface area contributed by atoms with Crippen LogP contribution in [0.1, 0.15) is 22.8 Å². The molecule has 1 N–H and O–H groups in total. The van der Waals surface area contributed by atoms with Gasteiger partial charge in [0.25, 0.3) is 0 Å². The van der Waals surface area contributed by atoms with Crippen molar-refractivity contribution in [3.05, 3.63) is 83.9 Å². The zero-order valence-electron chi connectivity index (χ0n) is 13.8. The summed E-state index contributed by atoms with van der Waals surface area (Å²) in [6, 6.07) is 21.7. The molecular formula is C21H18FeO3-6. The number of ketones is 1. The fourth-order valence-corrected chi connectivity index (χ4v) is 1.92. The molecule has 0 radical (unpaired) electrons. The first-order valence-electron chi connectivity index (χ1n) is 7.61. The fourth-order valence-electron chi connectivity index (χ4n) is 1.92. The second-order valence-electron chi connectivity index (χ2n) is 4.83. The van der Waals surface area contributed by atoms with Gasteiger partial charge in [-0.05, 0) is 25.0 Å². The molecule has 0 atom stereocenters. The van der Waals surface area contributed by atoms with Gasteiger partial charge in [0.15, 0.2) is 5.78 Å². The molecule has 0 saturated carbocycles. The van der Waals surface area contributed by atoms with E-state index in [9.17, 15) is 9.90 Å². The van der Waals surface area contributed by atoms with Crippen LogP contribution in [0.3, 0.4) is 0 Å². The summed E-state index contributed by atoms with van der Waals surface area (Å²) in [5, 5.41) is 9.53. The molecule has 0 unspecified atom stereocenters. The van der Waals surface area contributed by atoms with E-state index < -0.39 is 0 Å². The number of ether oxygens (including phenoxy) is 1. The Hall–Kier alpha value is -2.73. The average molecular weight is 374 g/mol. The summed E-state index contributed by atoms with van der Waals surface area (Å²) in [6.45, 7) is 2.44. The van der Waals surface area contributed by atoms with Gasteiger partial charge < -0.3 is 40.2 Å². The monoisotopic (exact) mass is 374 g/mol. The first-order chi connectivity index (χ1) is 11.7. The summed E-state index contributed by atoms with van der Waals surface area (Å²) in [5.74, 6) is 5.60. The van der Waals surface area contributed by atoms with E-state index in [1.54, 1.807) is 36.4 Å². The first-order valence-corrected chi connectivity index (χ1v) is 7.61. The summed E-state index contributed by atoms with van der Waals surface area (Å²) in [4.78, 5) is 11.8. The maximum atomic E-state index is 11.8. The third-order valence-electron chi connectivity index (χ3n) is 3.07. The second kappa shape index (κ2) is 10.9. The first kappa shape index (κ1) is 20.3. The Kier molecular flexibility index (Phi) is 8.89. The van der Waals surface area contributed by atoms with Crippen LogP contribution in [0, 0.1) is 11.8 Å². The van der Waals surface area contributed by atoms with Gasteiger partial charge in [0.05, 0.1) is 12.2 Å². The zero-order valence-corrected chi connectivity index (χ0v) is 14.9. The van der Waals surface area contributed by atoms with Crippen molar-refractivity contribution >= 4 is 5.78 Å². The van der Waals surface area contributed by atoms with Crippen LogP contribution in [0.4, 0.5) is 0 Å². The second-order valence-corrected chi connectivity index (χ2v) is 4.83. The van der Waals surface area contributed by atoms with E-state index in [1.165, 1.54) is 6.07 Å². The number of rotatable bonds is 3. The molecule has 0 fully saturated rings. The number of hydrogen-bond donors (Lipinski definition) is 1. The molecule has 0 spiro atoms. The molecule has 3 rings (SSSR count). The predicted molar refractivity (Wildman–Crippen MR) is 94.6 cm³/mol. The maximum absolute atomic E-state index is 11.8. The van der Waals surface area contributed by atoms with E-state index in [0.29, 0.717) is 23.5 Å². The standard InChI is InChI=1S/C16H13O3.C5H5.Fe/c1-2-19-14-9-7-13(11-14)16(18)10-8-12-5-3-4-6-15(12)17;1-2-4-5-3-1;/h3-7,9,11,17H,2H2,1H3;1-5H;/q-1;-5;. The minimum Gasteiger partial charge on any atom is -0.748 e. The molecule has 0 saturated heterocycles. The van der Waals surface area contributed by atoms with E-state index >= 15 is 0 Å². The van der Waals surface area contributed by atoms with Crippen LogP contribution in [-0.4, -0.2) is 17.5 Å². The van der Waals surface area contributed by atoms with Gasteiger partial charge >= 0.3 is 0 Å². The summed E-state index contributed by atoms with van der Waals surface area (Å²) in [6.07, 6.45) is 0. The van der Waals surface area contributed by atoms with Crippen LogP contribution in [0.25, 0.3) is 0 Å². The normalized spacial score (nSPS) is 8.84. The molecule has 0 aromatic heterocycles. The predicted octanol–water partition coefficient (Wildman–Crippen LogP) is 4.15. The Morgan fingerprint density at radius 1 is 1.16 bits per heavy atom. The minimum atomic E-state index is -0.297. The molecule has 134 valence electrons. The van der Waals surface area contributed by atoms with Crippen molar-refractivity contribution in [2.75, 3.05) is 6.61 Å². The summed E-state index contributed by atoms with van der Waals surface area (Å²) in [5.41, 5.74) is 0.929. The quantitative estimate of drug-likeness (QED) is 0.324. The number of carbonyl (C=O) groups is 1. The Morgan fingerprint density at radius 2 is 1.80 bits per heavy atom. The van der Waals surface area contributed by atoms with Gasteiger partial charge in [0.1, 0.15) is 5.75 Å². The van der Waals surface area contributed by atoms with Crippen LogP contribution in [-0.2, 0) is 17.1 Å². The van der Waals surface area contributed by atoms with Crippen LogP contribution in [0.2, 0.25) is 0 Å². The molecule has 3 nitrogen and oxygen atoms in total. The van der Waals surface area contributed by atoms with Gasteiger partial charge in [-0.3, -0.25) is 4.79 Å². The molecule has 3 aromatic carbocycles. The van der Waals surface area contributed by atoms with Crippen molar-refractivity contribution in [2.45, 2.75) is 6.92 Å². The Morgan fingerprint density at radius 3 is 2.40 bits per heavy atom. The summed E-state index contributed by atoms with van der Waals surface area (Å²) >= 11 is 0. The smallest absolute Gasteiger partial charge is 0.171 e. The van der Waals surface area contributed by atoms with E-state index in [-0.39, 0.29) is 28.6 Å². The Bertz CT molecular complexity index is 803. The van der Waals surface area contributed by atoms with E-state index in [1.807, 2.05) is 37.3 Å². The van der Waals surface area contributed by atoms with Gasteiger partial charge in [-0.15, -0.1) is 17.7 Å². The summed E-state index contributed by atoms with van der Waals surface area (Å²) in [7, 11) is 0. The maximum Gasteiger partial charge on any atom is 0.171 e. The molecule has 3 aromatic rings. The number of benzene rings is 1. The number of Topliss-reactive ketones (excluding diaryl/α,β-unsaturated/α-hetero) is 1. The average Bonchev–Trinajstić information content (AvgIpc) is 3.29. The van der Waals surface area contributed by atoms with E-state index in [4.69, 9.17) is 4.74 Å². The molecule has 0 aliphatic rings. The van der Waals surface area contributed by atoms with Crippen molar-refractivity contribution in [3.8, 4) is 23.3 Å². The molecule has 4 heteroatoms. The zero-order chi connectivity index (χ0) is 17.2. The van der Waals surface area contributed by atoms with Gasteiger partial charge in [0, 0.05) is 22.8 Å². The number of phenolic OH excluding ortho intramolecular Hbond substituents is 1. The minimum absolute atomic E-state index is 0. The Labute approximate surface area is 158 Å². The molecule has 0 heterocycles. The van der Waals surface area contributed by atoms with Crippen LogP contribution < -0.4 is 4.74 Å². The SMILES string of the molecule is CCO[c-]1ccc(C(=O)C#Cc2ccccc2O)c1.[Fe].[cH-]1[cH-][cH-][cH-][cH-]1. The molecule has 0 aliphatic heterocycles. The number of aromatic hydroxyl groups is 1. The fraction of sp³-hybridized carbons (Fsp3) is 0.0952. The van der Waals surface area contributed by atoms with Crippen LogP contribution in [0.5, 0.6) is 11.5 Å². The van der Waals surface area contributed by atoms with Crippen LogP contribution >= 0.6 is 0 Å². The van der Waals surface area contributed by atoms with E-state index in [2.05, 4.69) is 11.8 Å². The van der Waals surface area contributed by atoms with Crippen molar-refractivity contribution in [2.24, 2.45) is 0 Å². The van der Waals surface area contributed by atoms with Crippen molar-refractivity contribution in [3.63, 3.8) is 0 Å². The number of para-hydroxylation sites is 1. The van der Waals surface area contributed by atoms with Crippen molar-refractivity contribution in [1.82, 2.24) is 0 Å². The summed E-state index contributed by atoms with van der Waals surface area (Å²) < 4.78 is 5.28. The number of hydrogen-bond acceptors (Lipinski definition) is 3. The van der Waals surface area contributed by atoms with Gasteiger partial charge in [0.2, 0.25) is 0 Å². The third kappa shape index (κ3) is 6.72. The molecule has 0 bridgehead atoms. The largest absolute Gasteiger partial charge is 0.748 e. The molecular weight excluding hydrogens is 356 g/mol. The Balaban J connectivity index is 0.000000448. The molecule has 25 heavy (non-hydrogen) atoms. The van der Waals surface area contributed by atoms with Gasteiger partial charge in [-0.2, -0.15) is 6.07 Å². The topological polar surface area (TPSA) is 46.5 Å². The molecule has 0 aliphatic carbocycles. The third-order valence-corrected chi connectivity index (χ3v) is 3.07. The number of carbonyl (C=O) groups excluding carboxylic acids is 1. The molecule has 0 amide bonds.